The minimum absolute atomic E-state index is 0. The standard InChI is InChI=1S/C15H28F3N5O2S2.HI/c1-13(15(16,17)18)21-4-6-22(7-5-21)14(19-2)20-3-12-27(24,25)23-8-10-26-11-9-23;/h13H,3-12H2,1-2H3,(H,19,20);1H. The summed E-state index contributed by atoms with van der Waals surface area (Å²) in [4.78, 5) is 7.41. The maximum Gasteiger partial charge on any atom is 0.403 e. The number of aliphatic imine (C=N–C) groups is 1. The van der Waals surface area contributed by atoms with E-state index in [1.165, 1.54) is 16.1 Å². The second-order valence-corrected chi connectivity index (χ2v) is 9.86. The number of nitrogens with zero attached hydrogens (tertiary/aromatic N) is 4. The number of halogens is 4. The summed E-state index contributed by atoms with van der Waals surface area (Å²) in [5.74, 6) is 2.13. The van der Waals surface area contributed by atoms with Gasteiger partial charge in [0.25, 0.3) is 0 Å². The molecule has 1 unspecified atom stereocenters. The summed E-state index contributed by atoms with van der Waals surface area (Å²) in [6, 6.07) is -1.47. The minimum Gasteiger partial charge on any atom is -0.355 e. The molecule has 2 aliphatic heterocycles. The van der Waals surface area contributed by atoms with Crippen LogP contribution in [-0.4, -0.2) is 111 Å². The van der Waals surface area contributed by atoms with E-state index in [-0.39, 0.29) is 49.4 Å². The summed E-state index contributed by atoms with van der Waals surface area (Å²) < 4.78 is 64.7. The predicted octanol–water partition coefficient (Wildman–Crippen LogP) is 1.13. The largest absolute Gasteiger partial charge is 0.403 e. The van der Waals surface area contributed by atoms with Gasteiger partial charge in [0.2, 0.25) is 10.0 Å². The van der Waals surface area contributed by atoms with Gasteiger partial charge in [-0.25, -0.2) is 12.7 Å². The summed E-state index contributed by atoms with van der Waals surface area (Å²) in [6.07, 6.45) is -4.23. The number of sulfonamides is 1. The number of hydrogen-bond acceptors (Lipinski definition) is 5. The van der Waals surface area contributed by atoms with Crippen LogP contribution in [0, 0.1) is 0 Å². The molecule has 2 aliphatic rings. The molecule has 0 saturated carbocycles. The Morgan fingerprint density at radius 1 is 1.14 bits per heavy atom. The molecule has 0 aromatic carbocycles. The third-order valence-electron chi connectivity index (χ3n) is 4.85. The zero-order valence-electron chi connectivity index (χ0n) is 16.1. The Morgan fingerprint density at radius 2 is 1.71 bits per heavy atom. The van der Waals surface area contributed by atoms with Crippen LogP contribution in [0.25, 0.3) is 0 Å². The predicted molar refractivity (Wildman–Crippen MR) is 118 cm³/mol. The van der Waals surface area contributed by atoms with Crippen LogP contribution in [0.3, 0.4) is 0 Å². The van der Waals surface area contributed by atoms with E-state index < -0.39 is 22.2 Å². The monoisotopic (exact) mass is 559 g/mol. The molecule has 13 heteroatoms. The third-order valence-corrected chi connectivity index (χ3v) is 7.67. The van der Waals surface area contributed by atoms with Crippen molar-refractivity contribution in [3.05, 3.63) is 0 Å². The molecule has 28 heavy (non-hydrogen) atoms. The van der Waals surface area contributed by atoms with E-state index in [1.807, 2.05) is 4.90 Å². The Kier molecular flexibility index (Phi) is 10.6. The first-order valence-electron chi connectivity index (χ1n) is 8.97. The summed E-state index contributed by atoms with van der Waals surface area (Å²) >= 11 is 1.75. The fourth-order valence-electron chi connectivity index (χ4n) is 3.11. The van der Waals surface area contributed by atoms with Crippen LogP contribution in [0.2, 0.25) is 0 Å². The van der Waals surface area contributed by atoms with Crippen LogP contribution in [0.15, 0.2) is 4.99 Å². The van der Waals surface area contributed by atoms with Gasteiger partial charge in [-0.1, -0.05) is 0 Å². The summed E-state index contributed by atoms with van der Waals surface area (Å²) in [7, 11) is -1.72. The molecule has 1 N–H and O–H groups in total. The highest BCUT2D eigenvalue weighted by atomic mass is 127. The number of guanidine groups is 1. The van der Waals surface area contributed by atoms with Crippen molar-refractivity contribution in [2.45, 2.75) is 19.1 Å². The van der Waals surface area contributed by atoms with Crippen molar-refractivity contribution in [3.63, 3.8) is 0 Å². The molecule has 166 valence electrons. The van der Waals surface area contributed by atoms with E-state index in [9.17, 15) is 21.6 Å². The van der Waals surface area contributed by atoms with Crippen LogP contribution in [0.1, 0.15) is 6.92 Å². The highest BCUT2D eigenvalue weighted by Crippen LogP contribution is 2.25. The molecule has 0 spiro atoms. The number of alkyl halides is 3. The average Bonchev–Trinajstić information content (AvgIpc) is 2.65. The van der Waals surface area contributed by atoms with E-state index >= 15 is 0 Å². The first-order valence-corrected chi connectivity index (χ1v) is 11.7. The van der Waals surface area contributed by atoms with E-state index in [2.05, 4.69) is 10.3 Å². The Hall–Kier alpha value is 0.01000. The molecule has 0 aromatic heterocycles. The fourth-order valence-corrected chi connectivity index (χ4v) is 5.60. The van der Waals surface area contributed by atoms with Crippen LogP contribution in [-0.2, 0) is 10.0 Å². The normalized spacial score (nSPS) is 21.9. The topological polar surface area (TPSA) is 68.2 Å². The van der Waals surface area contributed by atoms with E-state index in [4.69, 9.17) is 0 Å². The van der Waals surface area contributed by atoms with Crippen molar-refractivity contribution in [3.8, 4) is 0 Å². The highest BCUT2D eigenvalue weighted by molar-refractivity contribution is 14.0. The molecular weight excluding hydrogens is 530 g/mol. The van der Waals surface area contributed by atoms with Crippen LogP contribution in [0.4, 0.5) is 13.2 Å². The Bertz CT molecular complexity index is 607. The second kappa shape index (κ2) is 11.4. The number of thioether (sulfide) groups is 1. The van der Waals surface area contributed by atoms with Gasteiger partial charge in [0, 0.05) is 64.4 Å². The van der Waals surface area contributed by atoms with Crippen molar-refractivity contribution in [1.29, 1.82) is 0 Å². The van der Waals surface area contributed by atoms with Crippen molar-refractivity contribution in [2.75, 3.05) is 70.1 Å². The Balaban J connectivity index is 0.00000392. The summed E-state index contributed by atoms with van der Waals surface area (Å²) in [6.45, 7) is 3.87. The number of nitrogens with one attached hydrogen (secondary N) is 1. The molecule has 1 atom stereocenters. The van der Waals surface area contributed by atoms with Crippen molar-refractivity contribution in [1.82, 2.24) is 19.4 Å². The lowest BCUT2D eigenvalue weighted by atomic mass is 10.2. The lowest BCUT2D eigenvalue weighted by molar-refractivity contribution is -0.181. The van der Waals surface area contributed by atoms with Gasteiger partial charge in [0.15, 0.2) is 5.96 Å². The fraction of sp³-hybridized carbons (Fsp3) is 0.933. The molecule has 0 amide bonds. The highest BCUT2D eigenvalue weighted by Gasteiger charge is 2.41. The van der Waals surface area contributed by atoms with Crippen LogP contribution in [0.5, 0.6) is 0 Å². The third kappa shape index (κ3) is 7.36. The zero-order valence-corrected chi connectivity index (χ0v) is 20.1. The molecule has 0 radical (unpaired) electrons. The molecule has 7 nitrogen and oxygen atoms in total. The maximum absolute atomic E-state index is 12.8. The number of piperazine rings is 1. The minimum atomic E-state index is -4.23. The van der Waals surface area contributed by atoms with Crippen molar-refractivity contribution >= 4 is 51.7 Å². The molecule has 2 rings (SSSR count). The molecule has 0 bridgehead atoms. The van der Waals surface area contributed by atoms with Gasteiger partial charge in [0.1, 0.15) is 6.04 Å². The summed E-state index contributed by atoms with van der Waals surface area (Å²) in [5.41, 5.74) is 0. The zero-order chi connectivity index (χ0) is 20.1. The smallest absolute Gasteiger partial charge is 0.355 e. The van der Waals surface area contributed by atoms with Crippen LogP contribution >= 0.6 is 35.7 Å². The van der Waals surface area contributed by atoms with Crippen LogP contribution < -0.4 is 5.32 Å². The van der Waals surface area contributed by atoms with Crippen molar-refractivity contribution in [2.24, 2.45) is 4.99 Å². The number of rotatable bonds is 5. The van der Waals surface area contributed by atoms with Gasteiger partial charge in [0.05, 0.1) is 5.75 Å². The first-order chi connectivity index (χ1) is 12.6. The maximum atomic E-state index is 12.8. The molecule has 2 fully saturated rings. The van der Waals surface area contributed by atoms with E-state index in [0.29, 0.717) is 32.1 Å². The van der Waals surface area contributed by atoms with Crippen molar-refractivity contribution < 1.29 is 21.6 Å². The van der Waals surface area contributed by atoms with Gasteiger partial charge in [-0.05, 0) is 6.92 Å². The lowest BCUT2D eigenvalue weighted by Gasteiger charge is -2.39. The van der Waals surface area contributed by atoms with E-state index in [1.54, 1.807) is 18.8 Å². The van der Waals surface area contributed by atoms with Gasteiger partial charge >= 0.3 is 6.18 Å². The second-order valence-electron chi connectivity index (χ2n) is 6.54. The first kappa shape index (κ1) is 26.0. The molecule has 2 saturated heterocycles. The molecular formula is C15H29F3IN5O2S2. The van der Waals surface area contributed by atoms with E-state index in [0.717, 1.165) is 11.5 Å². The summed E-state index contributed by atoms with van der Waals surface area (Å²) in [5, 5.41) is 3.03. The molecule has 0 aromatic rings. The molecule has 2 heterocycles. The van der Waals surface area contributed by atoms with Gasteiger partial charge < -0.3 is 10.2 Å². The van der Waals surface area contributed by atoms with Gasteiger partial charge in [-0.15, -0.1) is 24.0 Å². The Labute approximate surface area is 186 Å². The lowest BCUT2D eigenvalue weighted by Crippen LogP contribution is -2.57. The quantitative estimate of drug-likeness (QED) is 0.310. The molecule has 0 aliphatic carbocycles. The number of hydrogen-bond donors (Lipinski definition) is 1. The SMILES string of the molecule is CN=C(NCCS(=O)(=O)N1CCSCC1)N1CCN(C(C)C(F)(F)F)CC1.I. The Morgan fingerprint density at radius 3 is 2.21 bits per heavy atom. The van der Waals surface area contributed by atoms with Gasteiger partial charge in [-0.3, -0.25) is 9.89 Å². The van der Waals surface area contributed by atoms with Gasteiger partial charge in [-0.2, -0.15) is 24.9 Å². The average molecular weight is 559 g/mol.